The summed E-state index contributed by atoms with van der Waals surface area (Å²) < 4.78 is 5.13. The van der Waals surface area contributed by atoms with Gasteiger partial charge in [0.25, 0.3) is 0 Å². The standard InChI is InChI=1S/C21H23ClN2O2S/c1-21(2,3)13-5-6-14-15(10-23)20(27-18(14)9-13)24-11-12-7-16(22)19(25)17(8-12)26-4/h7-8,11,13,25H,5-6,9H2,1-4H3/t13-/m0/s1. The van der Waals surface area contributed by atoms with Crippen LogP contribution in [0.25, 0.3) is 0 Å². The van der Waals surface area contributed by atoms with E-state index in [2.05, 4.69) is 31.8 Å². The topological polar surface area (TPSA) is 65.6 Å². The Hall–Kier alpha value is -2.03. The van der Waals surface area contributed by atoms with E-state index in [0.717, 1.165) is 29.8 Å². The van der Waals surface area contributed by atoms with Gasteiger partial charge in [0.1, 0.15) is 11.1 Å². The van der Waals surface area contributed by atoms with Crippen molar-refractivity contribution in [3.05, 3.63) is 38.7 Å². The van der Waals surface area contributed by atoms with Gasteiger partial charge in [-0.25, -0.2) is 4.99 Å². The number of methoxy groups -OCH3 is 1. The van der Waals surface area contributed by atoms with E-state index in [4.69, 9.17) is 16.3 Å². The van der Waals surface area contributed by atoms with Crippen LogP contribution in [0.2, 0.25) is 5.02 Å². The number of ether oxygens (including phenoxy) is 1. The molecular weight excluding hydrogens is 380 g/mol. The van der Waals surface area contributed by atoms with E-state index in [-0.39, 0.29) is 16.2 Å². The number of phenols is 1. The van der Waals surface area contributed by atoms with E-state index in [0.29, 0.717) is 22.8 Å². The second kappa shape index (κ2) is 7.53. The molecule has 0 radical (unpaired) electrons. The smallest absolute Gasteiger partial charge is 0.176 e. The largest absolute Gasteiger partial charge is 0.503 e. The van der Waals surface area contributed by atoms with Gasteiger partial charge in [-0.15, -0.1) is 11.3 Å². The number of hydrogen-bond donors (Lipinski definition) is 1. The van der Waals surface area contributed by atoms with Crippen molar-refractivity contribution >= 4 is 34.2 Å². The molecule has 0 unspecified atom stereocenters. The van der Waals surface area contributed by atoms with E-state index in [1.165, 1.54) is 12.0 Å². The van der Waals surface area contributed by atoms with Crippen LogP contribution in [0.3, 0.4) is 0 Å². The lowest BCUT2D eigenvalue weighted by Gasteiger charge is -2.33. The monoisotopic (exact) mass is 402 g/mol. The van der Waals surface area contributed by atoms with Crippen LogP contribution in [0, 0.1) is 22.7 Å². The molecule has 6 heteroatoms. The molecule has 3 rings (SSSR count). The predicted octanol–water partition coefficient (Wildman–Crippen LogP) is 5.89. The lowest BCUT2D eigenvalue weighted by Crippen LogP contribution is -2.26. The van der Waals surface area contributed by atoms with Crippen LogP contribution in [-0.2, 0) is 12.8 Å². The molecule has 0 fully saturated rings. The second-order valence-corrected chi connectivity index (χ2v) is 9.40. The van der Waals surface area contributed by atoms with E-state index < -0.39 is 0 Å². The summed E-state index contributed by atoms with van der Waals surface area (Å²) in [5.74, 6) is 0.823. The maximum Gasteiger partial charge on any atom is 0.176 e. The van der Waals surface area contributed by atoms with Gasteiger partial charge in [0.2, 0.25) is 0 Å². The van der Waals surface area contributed by atoms with Gasteiger partial charge in [-0.2, -0.15) is 5.26 Å². The number of aliphatic imine (C=N–C) groups is 1. The first-order chi connectivity index (χ1) is 12.7. The van der Waals surface area contributed by atoms with Crippen LogP contribution < -0.4 is 4.74 Å². The maximum absolute atomic E-state index is 9.85. The normalized spacial score (nSPS) is 17.0. The van der Waals surface area contributed by atoms with Gasteiger partial charge in [-0.3, -0.25) is 0 Å². The Morgan fingerprint density at radius 1 is 1.41 bits per heavy atom. The molecule has 0 amide bonds. The summed E-state index contributed by atoms with van der Waals surface area (Å²) >= 11 is 7.65. The molecule has 142 valence electrons. The highest BCUT2D eigenvalue weighted by atomic mass is 35.5. The molecule has 1 aliphatic carbocycles. The highest BCUT2D eigenvalue weighted by molar-refractivity contribution is 7.16. The minimum absolute atomic E-state index is 0.0890. The summed E-state index contributed by atoms with van der Waals surface area (Å²) in [6.45, 7) is 6.84. The number of nitriles is 1. The molecule has 0 spiro atoms. The molecule has 1 aliphatic rings. The molecule has 0 saturated heterocycles. The van der Waals surface area contributed by atoms with Crippen molar-refractivity contribution in [1.82, 2.24) is 0 Å². The molecule has 1 aromatic carbocycles. The number of aromatic hydroxyl groups is 1. The van der Waals surface area contributed by atoms with E-state index >= 15 is 0 Å². The van der Waals surface area contributed by atoms with Gasteiger partial charge in [0, 0.05) is 11.1 Å². The third-order valence-corrected chi connectivity index (χ3v) is 6.64. The fraction of sp³-hybridized carbons (Fsp3) is 0.429. The fourth-order valence-corrected chi connectivity index (χ4v) is 4.91. The summed E-state index contributed by atoms with van der Waals surface area (Å²) in [4.78, 5) is 5.84. The van der Waals surface area contributed by atoms with Crippen molar-refractivity contribution in [2.75, 3.05) is 7.11 Å². The number of hydrogen-bond acceptors (Lipinski definition) is 5. The zero-order valence-corrected chi connectivity index (χ0v) is 17.5. The number of nitrogens with zero attached hydrogens (tertiary/aromatic N) is 2. The van der Waals surface area contributed by atoms with Gasteiger partial charge in [0.05, 0.1) is 17.7 Å². The highest BCUT2D eigenvalue weighted by Gasteiger charge is 2.32. The van der Waals surface area contributed by atoms with Gasteiger partial charge in [-0.1, -0.05) is 32.4 Å². The van der Waals surface area contributed by atoms with Crippen LogP contribution in [0.1, 0.15) is 48.8 Å². The molecule has 1 atom stereocenters. The van der Waals surface area contributed by atoms with Crippen LogP contribution >= 0.6 is 22.9 Å². The zero-order chi connectivity index (χ0) is 19.8. The molecule has 27 heavy (non-hydrogen) atoms. The van der Waals surface area contributed by atoms with Crippen molar-refractivity contribution in [3.63, 3.8) is 0 Å². The Morgan fingerprint density at radius 3 is 2.78 bits per heavy atom. The minimum atomic E-state index is -0.0890. The van der Waals surface area contributed by atoms with Crippen LogP contribution in [0.15, 0.2) is 17.1 Å². The number of halogens is 1. The molecule has 2 aromatic rings. The number of fused-ring (bicyclic) bond motifs is 1. The Bertz CT molecular complexity index is 935. The van der Waals surface area contributed by atoms with E-state index in [1.807, 2.05) is 0 Å². The van der Waals surface area contributed by atoms with Crippen molar-refractivity contribution in [2.24, 2.45) is 16.3 Å². The SMILES string of the molecule is COc1cc(C=Nc2sc3c(c2C#N)CC[C@H](C(C)(C)C)C3)cc(Cl)c1O. The summed E-state index contributed by atoms with van der Waals surface area (Å²) in [5, 5.41) is 20.4. The Kier molecular flexibility index (Phi) is 5.50. The number of phenolic OH excluding ortho intramolecular Hbond substituents is 1. The molecule has 1 heterocycles. The first-order valence-corrected chi connectivity index (χ1v) is 10.1. The predicted molar refractivity (Wildman–Crippen MR) is 111 cm³/mol. The summed E-state index contributed by atoms with van der Waals surface area (Å²) in [7, 11) is 1.47. The summed E-state index contributed by atoms with van der Waals surface area (Å²) in [6.07, 6.45) is 4.71. The maximum atomic E-state index is 9.85. The number of rotatable bonds is 3. The van der Waals surface area contributed by atoms with E-state index in [9.17, 15) is 10.4 Å². The molecule has 0 saturated carbocycles. The van der Waals surface area contributed by atoms with Crippen molar-refractivity contribution in [1.29, 1.82) is 5.26 Å². The van der Waals surface area contributed by atoms with Gasteiger partial charge < -0.3 is 9.84 Å². The van der Waals surface area contributed by atoms with Gasteiger partial charge in [0.15, 0.2) is 11.5 Å². The summed E-state index contributed by atoms with van der Waals surface area (Å²) in [5.41, 5.74) is 2.82. The van der Waals surface area contributed by atoms with Crippen molar-refractivity contribution in [3.8, 4) is 17.6 Å². The fourth-order valence-electron chi connectivity index (χ4n) is 3.47. The quantitative estimate of drug-likeness (QED) is 0.651. The Labute approximate surface area is 169 Å². The Morgan fingerprint density at radius 2 is 2.15 bits per heavy atom. The first-order valence-electron chi connectivity index (χ1n) is 8.89. The van der Waals surface area contributed by atoms with Crippen LogP contribution in [0.4, 0.5) is 5.00 Å². The number of thiophene rings is 1. The molecule has 0 aliphatic heterocycles. The van der Waals surface area contributed by atoms with Gasteiger partial charge in [-0.05, 0) is 53.9 Å². The molecule has 4 nitrogen and oxygen atoms in total. The molecule has 0 bridgehead atoms. The van der Waals surface area contributed by atoms with Crippen LogP contribution in [-0.4, -0.2) is 18.4 Å². The lowest BCUT2D eigenvalue weighted by molar-refractivity contribution is 0.218. The van der Waals surface area contributed by atoms with Crippen LogP contribution in [0.5, 0.6) is 11.5 Å². The minimum Gasteiger partial charge on any atom is -0.503 e. The number of benzene rings is 1. The first kappa shape index (κ1) is 19.7. The van der Waals surface area contributed by atoms with Crippen molar-refractivity contribution in [2.45, 2.75) is 40.0 Å². The highest BCUT2D eigenvalue weighted by Crippen LogP contribution is 2.45. The van der Waals surface area contributed by atoms with Gasteiger partial charge >= 0.3 is 0 Å². The second-order valence-electron chi connectivity index (χ2n) is 7.91. The average molecular weight is 403 g/mol. The third kappa shape index (κ3) is 3.97. The third-order valence-electron chi connectivity index (χ3n) is 5.18. The zero-order valence-electron chi connectivity index (χ0n) is 16.0. The summed E-state index contributed by atoms with van der Waals surface area (Å²) in [6, 6.07) is 5.63. The molecular formula is C21H23ClN2O2S. The lowest BCUT2D eigenvalue weighted by atomic mass is 9.72. The van der Waals surface area contributed by atoms with Crippen molar-refractivity contribution < 1.29 is 9.84 Å². The van der Waals surface area contributed by atoms with E-state index in [1.54, 1.807) is 29.7 Å². The Balaban J connectivity index is 1.93. The molecule has 1 N–H and O–H groups in total. The molecule has 1 aromatic heterocycles. The average Bonchev–Trinajstić information content (AvgIpc) is 2.98.